The average Bonchev–Trinajstić information content (AvgIpc) is 3.06. The topological polar surface area (TPSA) is 67.9 Å². The van der Waals surface area contributed by atoms with Crippen molar-refractivity contribution < 1.29 is 23.5 Å². The van der Waals surface area contributed by atoms with Crippen molar-refractivity contribution in [1.29, 1.82) is 0 Å². The number of amides is 2. The molecule has 6 nitrogen and oxygen atoms in total. The molecule has 0 aromatic heterocycles. The number of carbonyl (C=O) groups is 2. The summed E-state index contributed by atoms with van der Waals surface area (Å²) in [5.74, 6) is -1.19. The summed E-state index contributed by atoms with van der Waals surface area (Å²) in [6.45, 7) is 0.883. The van der Waals surface area contributed by atoms with Gasteiger partial charge in [-0.3, -0.25) is 9.59 Å². The van der Waals surface area contributed by atoms with Crippen LogP contribution in [0, 0.1) is 11.7 Å². The zero-order valence-corrected chi connectivity index (χ0v) is 16.9. The Balaban J connectivity index is 1.71. The molecule has 8 heteroatoms. The first-order chi connectivity index (χ1) is 13.5. The summed E-state index contributed by atoms with van der Waals surface area (Å²) in [6, 6.07) is 11.2. The number of carbonyl (C=O) groups excluding carboxylic acids is 2. The molecule has 2 aromatic carbocycles. The van der Waals surface area contributed by atoms with E-state index in [1.165, 1.54) is 18.2 Å². The first-order valence-electron chi connectivity index (χ1n) is 8.76. The Kier molecular flexibility index (Phi) is 6.64. The molecule has 1 unspecified atom stereocenters. The number of nitrogens with one attached hydrogen (secondary N) is 1. The van der Waals surface area contributed by atoms with E-state index in [9.17, 15) is 14.0 Å². The van der Waals surface area contributed by atoms with Crippen LogP contribution >= 0.6 is 15.9 Å². The predicted octanol–water partition coefficient (Wildman–Crippen LogP) is 3.61. The first-order valence-corrected chi connectivity index (χ1v) is 9.56. The lowest BCUT2D eigenvalue weighted by Gasteiger charge is -2.18. The van der Waals surface area contributed by atoms with Crippen LogP contribution < -0.4 is 15.0 Å². The van der Waals surface area contributed by atoms with Gasteiger partial charge in [-0.2, -0.15) is 0 Å². The van der Waals surface area contributed by atoms with Gasteiger partial charge in [0.15, 0.2) is 0 Å². The van der Waals surface area contributed by atoms with Crippen molar-refractivity contribution in [3.8, 4) is 5.75 Å². The molecule has 3 rings (SSSR count). The monoisotopic (exact) mass is 450 g/mol. The van der Waals surface area contributed by atoms with Crippen LogP contribution in [-0.4, -0.2) is 38.7 Å². The Morgan fingerprint density at radius 3 is 2.82 bits per heavy atom. The molecule has 1 aliphatic heterocycles. The van der Waals surface area contributed by atoms with Gasteiger partial charge in [-0.25, -0.2) is 4.39 Å². The number of anilines is 2. The fourth-order valence-electron chi connectivity index (χ4n) is 2.98. The quantitative estimate of drug-likeness (QED) is 0.654. The van der Waals surface area contributed by atoms with Crippen molar-refractivity contribution in [2.75, 3.05) is 37.1 Å². The van der Waals surface area contributed by atoms with Crippen LogP contribution in [0.25, 0.3) is 0 Å². The summed E-state index contributed by atoms with van der Waals surface area (Å²) in [7, 11) is 1.55. The van der Waals surface area contributed by atoms with Gasteiger partial charge in [-0.1, -0.05) is 12.1 Å². The maximum Gasteiger partial charge on any atom is 0.229 e. The van der Waals surface area contributed by atoms with E-state index < -0.39 is 11.7 Å². The Hall–Kier alpha value is -2.45. The van der Waals surface area contributed by atoms with Crippen molar-refractivity contribution in [2.24, 2.45) is 5.92 Å². The molecule has 1 atom stereocenters. The summed E-state index contributed by atoms with van der Waals surface area (Å²) in [6.07, 6.45) is 0.0857. The summed E-state index contributed by atoms with van der Waals surface area (Å²) < 4.78 is 24.9. The molecule has 1 N–H and O–H groups in total. The summed E-state index contributed by atoms with van der Waals surface area (Å²) in [5.41, 5.74) is 0.949. The second-order valence-electron chi connectivity index (χ2n) is 6.33. The highest BCUT2D eigenvalue weighted by molar-refractivity contribution is 9.10. The number of para-hydroxylation sites is 1. The van der Waals surface area contributed by atoms with Crippen LogP contribution in [0.3, 0.4) is 0 Å². The minimum absolute atomic E-state index is 0.0857. The van der Waals surface area contributed by atoms with Gasteiger partial charge in [-0.15, -0.1) is 0 Å². The maximum atomic E-state index is 13.7. The number of halogens is 2. The van der Waals surface area contributed by atoms with Gasteiger partial charge in [-0.05, 0) is 40.2 Å². The number of methoxy groups -OCH3 is 1. The lowest BCUT2D eigenvalue weighted by molar-refractivity contribution is -0.122. The van der Waals surface area contributed by atoms with Crippen molar-refractivity contribution in [3.63, 3.8) is 0 Å². The smallest absolute Gasteiger partial charge is 0.229 e. The largest absolute Gasteiger partial charge is 0.489 e. The molecule has 1 fully saturated rings. The molecular formula is C20H20BrFN2O4. The lowest BCUT2D eigenvalue weighted by Crippen LogP contribution is -2.28. The van der Waals surface area contributed by atoms with Crippen LogP contribution in [0.5, 0.6) is 5.75 Å². The molecule has 1 aliphatic rings. The minimum atomic E-state index is -0.547. The third kappa shape index (κ3) is 4.69. The molecule has 2 amide bonds. The molecule has 0 saturated carbocycles. The zero-order chi connectivity index (χ0) is 20.1. The first kappa shape index (κ1) is 20.3. The summed E-state index contributed by atoms with van der Waals surface area (Å²) >= 11 is 3.43. The average molecular weight is 451 g/mol. The van der Waals surface area contributed by atoms with E-state index in [-0.39, 0.29) is 37.1 Å². The van der Waals surface area contributed by atoms with Crippen molar-refractivity contribution in [3.05, 3.63) is 52.8 Å². The van der Waals surface area contributed by atoms with Crippen LogP contribution in [-0.2, 0) is 14.3 Å². The maximum absolute atomic E-state index is 13.7. The molecule has 148 valence electrons. The fraction of sp³-hybridized carbons (Fsp3) is 0.300. The van der Waals surface area contributed by atoms with Gasteiger partial charge in [0.2, 0.25) is 11.8 Å². The van der Waals surface area contributed by atoms with Crippen molar-refractivity contribution in [2.45, 2.75) is 6.42 Å². The molecule has 0 spiro atoms. The third-order valence-electron chi connectivity index (χ3n) is 4.38. The Labute approximate surface area is 170 Å². The van der Waals surface area contributed by atoms with Crippen LogP contribution in [0.2, 0.25) is 0 Å². The van der Waals surface area contributed by atoms with E-state index in [1.54, 1.807) is 12.0 Å². The van der Waals surface area contributed by atoms with E-state index >= 15 is 0 Å². The highest BCUT2D eigenvalue weighted by Crippen LogP contribution is 2.32. The Bertz CT molecular complexity index is 877. The number of rotatable bonds is 7. The number of hydrogen-bond acceptors (Lipinski definition) is 4. The number of ether oxygens (including phenoxy) is 2. The molecule has 1 heterocycles. The second-order valence-corrected chi connectivity index (χ2v) is 7.18. The molecule has 2 aromatic rings. The molecule has 0 aliphatic carbocycles. The van der Waals surface area contributed by atoms with Crippen LogP contribution in [0.15, 0.2) is 46.9 Å². The van der Waals surface area contributed by atoms with Gasteiger partial charge in [0, 0.05) is 30.6 Å². The number of benzene rings is 2. The molecule has 0 bridgehead atoms. The molecular weight excluding hydrogens is 431 g/mol. The zero-order valence-electron chi connectivity index (χ0n) is 15.3. The highest BCUT2D eigenvalue weighted by atomic mass is 79.9. The fourth-order valence-corrected chi connectivity index (χ4v) is 3.48. The summed E-state index contributed by atoms with van der Waals surface area (Å²) in [5, 5.41) is 2.69. The third-order valence-corrected chi connectivity index (χ3v) is 5.05. The van der Waals surface area contributed by atoms with E-state index in [1.807, 2.05) is 24.3 Å². The number of nitrogens with zero attached hydrogens (tertiary/aromatic N) is 1. The van der Waals surface area contributed by atoms with Crippen LogP contribution in [0.1, 0.15) is 6.42 Å². The molecule has 28 heavy (non-hydrogen) atoms. The summed E-state index contributed by atoms with van der Waals surface area (Å²) in [4.78, 5) is 26.7. The van der Waals surface area contributed by atoms with E-state index in [0.29, 0.717) is 12.4 Å². The van der Waals surface area contributed by atoms with E-state index in [4.69, 9.17) is 9.47 Å². The molecule has 1 saturated heterocycles. The number of hydrogen-bond donors (Lipinski definition) is 1. The minimum Gasteiger partial charge on any atom is -0.489 e. The SMILES string of the molecule is COCCOc1ccc(F)cc1NC(=O)C1CC(=O)N(c2ccccc2Br)C1. The van der Waals surface area contributed by atoms with Crippen molar-refractivity contribution >= 4 is 39.1 Å². The van der Waals surface area contributed by atoms with Crippen molar-refractivity contribution in [1.82, 2.24) is 0 Å². The highest BCUT2D eigenvalue weighted by Gasteiger charge is 2.36. The normalized spacial score (nSPS) is 16.3. The van der Waals surface area contributed by atoms with Crippen LogP contribution in [0.4, 0.5) is 15.8 Å². The standard InChI is InChI=1S/C20H20BrFN2O4/c1-27-8-9-28-18-7-6-14(22)11-16(18)23-20(26)13-10-19(25)24(12-13)17-5-3-2-4-15(17)21/h2-7,11,13H,8-10,12H2,1H3,(H,23,26). The van der Waals surface area contributed by atoms with E-state index in [2.05, 4.69) is 21.2 Å². The lowest BCUT2D eigenvalue weighted by atomic mass is 10.1. The van der Waals surface area contributed by atoms with Gasteiger partial charge in [0.1, 0.15) is 18.2 Å². The van der Waals surface area contributed by atoms with Gasteiger partial charge < -0.3 is 19.7 Å². The Morgan fingerprint density at radius 2 is 2.07 bits per heavy atom. The van der Waals surface area contributed by atoms with E-state index in [0.717, 1.165) is 10.2 Å². The van der Waals surface area contributed by atoms with Gasteiger partial charge >= 0.3 is 0 Å². The Morgan fingerprint density at radius 1 is 1.29 bits per heavy atom. The van der Waals surface area contributed by atoms with Gasteiger partial charge in [0.25, 0.3) is 0 Å². The second kappa shape index (κ2) is 9.16. The predicted molar refractivity (Wildman–Crippen MR) is 107 cm³/mol. The molecule has 0 radical (unpaired) electrons. The van der Waals surface area contributed by atoms with Gasteiger partial charge in [0.05, 0.1) is 23.9 Å².